The molecular formula is C19H27N3O6S. The van der Waals surface area contributed by atoms with Crippen LogP contribution < -0.4 is 5.32 Å². The third kappa shape index (κ3) is 5.26. The Morgan fingerprint density at radius 2 is 1.86 bits per heavy atom. The minimum atomic E-state index is -3.66. The van der Waals surface area contributed by atoms with Crippen LogP contribution in [0.1, 0.15) is 30.1 Å². The van der Waals surface area contributed by atoms with E-state index in [1.807, 2.05) is 0 Å². The van der Waals surface area contributed by atoms with Gasteiger partial charge >= 0.3 is 6.09 Å². The molecule has 2 amide bonds. The molecule has 0 unspecified atom stereocenters. The first-order valence-corrected chi connectivity index (χ1v) is 11.3. The standard InChI is InChI=1S/C19H27N3O6S/c1-2-28-19(24)21-8-6-16(7-9-21)20-18(23)15-4-3-5-17(14-15)29(25,26)22-10-12-27-13-11-22/h3-5,14,16H,2,6-13H2,1H3,(H,20,23). The number of nitrogens with one attached hydrogen (secondary N) is 1. The fourth-order valence-corrected chi connectivity index (χ4v) is 4.88. The first kappa shape index (κ1) is 21.5. The van der Waals surface area contributed by atoms with E-state index in [4.69, 9.17) is 9.47 Å². The molecule has 0 atom stereocenters. The second-order valence-corrected chi connectivity index (χ2v) is 8.92. The number of morpholine rings is 1. The Balaban J connectivity index is 1.61. The zero-order valence-corrected chi connectivity index (χ0v) is 17.3. The molecule has 0 aromatic heterocycles. The van der Waals surface area contributed by atoms with Crippen molar-refractivity contribution >= 4 is 22.0 Å². The highest BCUT2D eigenvalue weighted by molar-refractivity contribution is 7.89. The number of hydrogen-bond donors (Lipinski definition) is 1. The molecule has 2 aliphatic heterocycles. The molecule has 1 aromatic carbocycles. The Labute approximate surface area is 171 Å². The fraction of sp³-hybridized carbons (Fsp3) is 0.579. The van der Waals surface area contributed by atoms with Crippen LogP contribution in [0.2, 0.25) is 0 Å². The number of hydrogen-bond acceptors (Lipinski definition) is 6. The van der Waals surface area contributed by atoms with Gasteiger partial charge in [-0.05, 0) is 38.0 Å². The lowest BCUT2D eigenvalue weighted by Gasteiger charge is -2.31. The maximum Gasteiger partial charge on any atom is 0.409 e. The second-order valence-electron chi connectivity index (χ2n) is 6.98. The van der Waals surface area contributed by atoms with Crippen molar-refractivity contribution < 1.29 is 27.5 Å². The zero-order valence-electron chi connectivity index (χ0n) is 16.5. The lowest BCUT2D eigenvalue weighted by molar-refractivity contribution is 0.0730. The summed E-state index contributed by atoms with van der Waals surface area (Å²) in [4.78, 5) is 26.1. The molecule has 2 aliphatic rings. The highest BCUT2D eigenvalue weighted by Gasteiger charge is 2.28. The van der Waals surface area contributed by atoms with Crippen molar-refractivity contribution in [1.29, 1.82) is 0 Å². The Bertz CT molecular complexity index is 830. The molecule has 1 N–H and O–H groups in total. The number of rotatable bonds is 5. The summed E-state index contributed by atoms with van der Waals surface area (Å²) in [5.41, 5.74) is 0.298. The largest absolute Gasteiger partial charge is 0.450 e. The Morgan fingerprint density at radius 1 is 1.17 bits per heavy atom. The second kappa shape index (κ2) is 9.55. The van der Waals surface area contributed by atoms with Gasteiger partial charge in [0.05, 0.1) is 24.7 Å². The quantitative estimate of drug-likeness (QED) is 0.756. The number of benzene rings is 1. The number of nitrogens with zero attached hydrogens (tertiary/aromatic N) is 2. The number of amides is 2. The molecule has 0 bridgehead atoms. The van der Waals surface area contributed by atoms with E-state index in [-0.39, 0.29) is 22.9 Å². The van der Waals surface area contributed by atoms with Crippen molar-refractivity contribution in [2.75, 3.05) is 46.0 Å². The summed E-state index contributed by atoms with van der Waals surface area (Å²) in [7, 11) is -3.66. The summed E-state index contributed by atoms with van der Waals surface area (Å²) in [6, 6.07) is 6.01. The Morgan fingerprint density at radius 3 is 2.52 bits per heavy atom. The SMILES string of the molecule is CCOC(=O)N1CCC(NC(=O)c2cccc(S(=O)(=O)N3CCOCC3)c2)CC1. The molecular weight excluding hydrogens is 398 g/mol. The van der Waals surface area contributed by atoms with E-state index < -0.39 is 10.0 Å². The molecule has 10 heteroatoms. The number of ether oxygens (including phenoxy) is 2. The third-order valence-electron chi connectivity index (χ3n) is 5.06. The predicted molar refractivity (Wildman–Crippen MR) is 105 cm³/mol. The number of carbonyl (C=O) groups is 2. The van der Waals surface area contributed by atoms with Crippen molar-refractivity contribution in [2.45, 2.75) is 30.7 Å². The highest BCUT2D eigenvalue weighted by atomic mass is 32.2. The first-order valence-electron chi connectivity index (χ1n) is 9.82. The van der Waals surface area contributed by atoms with Gasteiger partial charge in [0.15, 0.2) is 0 Å². The van der Waals surface area contributed by atoms with Gasteiger partial charge in [-0.15, -0.1) is 0 Å². The van der Waals surface area contributed by atoms with E-state index in [0.29, 0.717) is 64.4 Å². The highest BCUT2D eigenvalue weighted by Crippen LogP contribution is 2.19. The van der Waals surface area contributed by atoms with Gasteiger partial charge in [0.2, 0.25) is 10.0 Å². The summed E-state index contributed by atoms with van der Waals surface area (Å²) in [5.74, 6) is -0.321. The van der Waals surface area contributed by atoms with Gasteiger partial charge in [-0.2, -0.15) is 4.31 Å². The van der Waals surface area contributed by atoms with E-state index in [2.05, 4.69) is 5.32 Å². The Kier molecular flexibility index (Phi) is 7.09. The minimum Gasteiger partial charge on any atom is -0.450 e. The molecule has 0 saturated carbocycles. The summed E-state index contributed by atoms with van der Waals surface area (Å²) in [6.07, 6.45) is 0.908. The molecule has 0 aliphatic carbocycles. The van der Waals surface area contributed by atoms with Gasteiger partial charge in [-0.3, -0.25) is 4.79 Å². The minimum absolute atomic E-state index is 0.0762. The molecule has 2 saturated heterocycles. The number of piperidine rings is 1. The van der Waals surface area contributed by atoms with Gasteiger partial charge < -0.3 is 19.7 Å². The zero-order chi connectivity index (χ0) is 20.9. The lowest BCUT2D eigenvalue weighted by Crippen LogP contribution is -2.46. The van der Waals surface area contributed by atoms with Crippen LogP contribution in [0.4, 0.5) is 4.79 Å². The van der Waals surface area contributed by atoms with Crippen LogP contribution >= 0.6 is 0 Å². The monoisotopic (exact) mass is 425 g/mol. The van der Waals surface area contributed by atoms with Crippen molar-refractivity contribution in [3.05, 3.63) is 29.8 Å². The van der Waals surface area contributed by atoms with Gasteiger partial charge in [-0.1, -0.05) is 6.07 Å². The van der Waals surface area contributed by atoms with E-state index >= 15 is 0 Å². The van der Waals surface area contributed by atoms with Crippen molar-refractivity contribution in [1.82, 2.24) is 14.5 Å². The van der Waals surface area contributed by atoms with E-state index in [1.54, 1.807) is 24.0 Å². The van der Waals surface area contributed by atoms with Gasteiger partial charge in [0, 0.05) is 37.8 Å². The van der Waals surface area contributed by atoms with Crippen LogP contribution in [0.15, 0.2) is 29.2 Å². The van der Waals surface area contributed by atoms with Crippen LogP contribution in [-0.2, 0) is 19.5 Å². The molecule has 2 heterocycles. The van der Waals surface area contributed by atoms with Crippen molar-refractivity contribution in [2.24, 2.45) is 0 Å². The fourth-order valence-electron chi connectivity index (χ4n) is 3.42. The molecule has 2 fully saturated rings. The molecule has 0 radical (unpaired) electrons. The van der Waals surface area contributed by atoms with E-state index in [0.717, 1.165) is 0 Å². The van der Waals surface area contributed by atoms with Crippen molar-refractivity contribution in [3.63, 3.8) is 0 Å². The van der Waals surface area contributed by atoms with E-state index in [9.17, 15) is 18.0 Å². The average Bonchev–Trinajstić information content (AvgIpc) is 2.75. The third-order valence-corrected chi connectivity index (χ3v) is 6.95. The predicted octanol–water partition coefficient (Wildman–Crippen LogP) is 1.06. The summed E-state index contributed by atoms with van der Waals surface area (Å²) in [6.45, 7) is 4.45. The molecule has 0 spiro atoms. The molecule has 9 nitrogen and oxygen atoms in total. The van der Waals surface area contributed by atoms with Crippen LogP contribution in [0.3, 0.4) is 0 Å². The summed E-state index contributed by atoms with van der Waals surface area (Å²) in [5, 5.41) is 2.94. The first-order chi connectivity index (χ1) is 13.9. The smallest absolute Gasteiger partial charge is 0.409 e. The number of likely N-dealkylation sites (tertiary alicyclic amines) is 1. The van der Waals surface area contributed by atoms with Crippen molar-refractivity contribution in [3.8, 4) is 0 Å². The lowest BCUT2D eigenvalue weighted by atomic mass is 10.0. The maximum atomic E-state index is 12.8. The number of carbonyl (C=O) groups excluding carboxylic acids is 2. The van der Waals surface area contributed by atoms with E-state index in [1.165, 1.54) is 16.4 Å². The molecule has 3 rings (SSSR count). The van der Waals surface area contributed by atoms with Gasteiger partial charge in [0.25, 0.3) is 5.91 Å². The molecule has 1 aromatic rings. The van der Waals surface area contributed by atoms with Gasteiger partial charge in [-0.25, -0.2) is 13.2 Å². The number of sulfonamides is 1. The normalized spacial score (nSPS) is 19.0. The summed E-state index contributed by atoms with van der Waals surface area (Å²) >= 11 is 0. The Hall–Kier alpha value is -2.17. The van der Waals surface area contributed by atoms with Crippen LogP contribution in [0.5, 0.6) is 0 Å². The molecule has 160 valence electrons. The van der Waals surface area contributed by atoms with Crippen LogP contribution in [0, 0.1) is 0 Å². The average molecular weight is 426 g/mol. The topological polar surface area (TPSA) is 105 Å². The maximum absolute atomic E-state index is 12.8. The molecule has 29 heavy (non-hydrogen) atoms. The summed E-state index contributed by atoms with van der Waals surface area (Å²) < 4.78 is 37.2. The van der Waals surface area contributed by atoms with Crippen LogP contribution in [0.25, 0.3) is 0 Å². The van der Waals surface area contributed by atoms with Crippen LogP contribution in [-0.4, -0.2) is 81.7 Å². The van der Waals surface area contributed by atoms with Gasteiger partial charge in [0.1, 0.15) is 0 Å².